The van der Waals surface area contributed by atoms with Gasteiger partial charge in [-0.1, -0.05) is 12.1 Å². The maximum absolute atomic E-state index is 12.5. The van der Waals surface area contributed by atoms with Crippen LogP contribution in [0.4, 0.5) is 0 Å². The van der Waals surface area contributed by atoms with E-state index in [1.54, 1.807) is 0 Å². The van der Waals surface area contributed by atoms with Crippen LogP contribution in [0, 0.1) is 0 Å². The summed E-state index contributed by atoms with van der Waals surface area (Å²) in [5.74, 6) is -12.6. The lowest BCUT2D eigenvalue weighted by Crippen LogP contribution is -2.57. The van der Waals surface area contributed by atoms with Crippen LogP contribution < -0.4 is 18.9 Å². The molecule has 8 atom stereocenters. The van der Waals surface area contributed by atoms with Crippen molar-refractivity contribution in [1.82, 2.24) is 0 Å². The van der Waals surface area contributed by atoms with E-state index in [0.717, 1.165) is 60.7 Å². The third kappa shape index (κ3) is 5.68. The molecule has 14 N–H and O–H groups in total. The normalized spacial score (nSPS) is 25.2. The van der Waals surface area contributed by atoms with Crippen LogP contribution in [0.2, 0.25) is 0 Å². The van der Waals surface area contributed by atoms with Crippen molar-refractivity contribution in [3.63, 3.8) is 0 Å². The maximum atomic E-state index is 12.5. The van der Waals surface area contributed by atoms with E-state index in [0.29, 0.717) is 0 Å². The van der Waals surface area contributed by atoms with Gasteiger partial charge in [-0.3, -0.25) is 0 Å². The molecule has 10 rings (SSSR count). The Morgan fingerprint density at radius 3 is 1.62 bits per heavy atom. The number of fused-ring (bicyclic) bond motifs is 9. The van der Waals surface area contributed by atoms with Crippen LogP contribution in [-0.2, 0) is 12.2 Å². The Hall–Kier alpha value is -7.80. The highest BCUT2D eigenvalue weighted by Crippen LogP contribution is 2.65. The first-order valence-corrected chi connectivity index (χ1v) is 19.3. The third-order valence-electron chi connectivity index (χ3n) is 12.2. The van der Waals surface area contributed by atoms with Gasteiger partial charge in [0.25, 0.3) is 0 Å². The van der Waals surface area contributed by atoms with Crippen molar-refractivity contribution in [1.29, 1.82) is 0 Å². The molecule has 0 aliphatic carbocycles. The molecule has 0 saturated carbocycles. The molecule has 18 heteroatoms. The van der Waals surface area contributed by atoms with Crippen molar-refractivity contribution in [2.24, 2.45) is 0 Å². The Morgan fingerprint density at radius 2 is 0.984 bits per heavy atom. The quantitative estimate of drug-likeness (QED) is 0.110. The van der Waals surface area contributed by atoms with E-state index in [1.807, 2.05) is 0 Å². The molecule has 0 unspecified atom stereocenters. The Balaban J connectivity index is 1.25. The van der Waals surface area contributed by atoms with Gasteiger partial charge < -0.3 is 90.4 Å². The van der Waals surface area contributed by atoms with Crippen molar-refractivity contribution in [2.45, 2.75) is 54.6 Å². The number of hydrogen-bond donors (Lipinski definition) is 14. The Labute approximate surface area is 354 Å². The van der Waals surface area contributed by atoms with Crippen LogP contribution in [-0.4, -0.2) is 89.8 Å². The number of phenols is 11. The minimum absolute atomic E-state index is 0.0325. The van der Waals surface area contributed by atoms with E-state index in [1.165, 1.54) is 18.2 Å². The van der Waals surface area contributed by atoms with E-state index in [4.69, 9.17) is 18.9 Å². The van der Waals surface area contributed by atoms with Crippen LogP contribution in [0.15, 0.2) is 78.9 Å². The van der Waals surface area contributed by atoms with E-state index in [-0.39, 0.29) is 73.9 Å². The maximum Gasteiger partial charge on any atom is 0.305 e. The predicted octanol–water partition coefficient (Wildman–Crippen LogP) is 4.24. The number of benzene rings is 6. The fourth-order valence-electron chi connectivity index (χ4n) is 9.32. The minimum Gasteiger partial charge on any atom is -0.508 e. The number of aliphatic hydroxyl groups is 3. The number of aliphatic hydroxyl groups excluding tert-OH is 3. The van der Waals surface area contributed by atoms with Crippen molar-refractivity contribution in [3.05, 3.63) is 123 Å². The molecule has 0 saturated heterocycles. The largest absolute Gasteiger partial charge is 0.508 e. The SMILES string of the molecule is Oc1cc(O)c2c(c1)O[C@@]1(c3ccc(O)c(O)c3)Oc3cc(O)c4c(c3[C@@H]2[C@H]1O)O[C@H](c1ccc(O)c(O)c1)[C@H](O)[C@@H]4c1c(O)cc(O)c2c1O[C@H](c1ccc(O)c(O)c1)[C@H](O)C2. The highest BCUT2D eigenvalue weighted by molar-refractivity contribution is 5.72. The lowest BCUT2D eigenvalue weighted by molar-refractivity contribution is -0.219. The molecule has 63 heavy (non-hydrogen) atoms. The van der Waals surface area contributed by atoms with Gasteiger partial charge in [-0.2, -0.15) is 0 Å². The van der Waals surface area contributed by atoms with Crippen LogP contribution >= 0.6 is 0 Å². The van der Waals surface area contributed by atoms with Crippen molar-refractivity contribution >= 4 is 0 Å². The minimum atomic E-state index is -2.31. The summed E-state index contributed by atoms with van der Waals surface area (Å²) in [6.07, 6.45) is -8.29. The number of aromatic hydroxyl groups is 11. The lowest BCUT2D eigenvalue weighted by atomic mass is 9.71. The second-order valence-corrected chi connectivity index (χ2v) is 15.9. The molecule has 18 nitrogen and oxygen atoms in total. The highest BCUT2D eigenvalue weighted by atomic mass is 16.7. The molecular formula is C45H36O18. The number of ether oxygens (including phenoxy) is 4. The summed E-state index contributed by atoms with van der Waals surface area (Å²) in [6.45, 7) is 0. The highest BCUT2D eigenvalue weighted by Gasteiger charge is 2.61. The van der Waals surface area contributed by atoms with E-state index < -0.39 is 111 Å². The second kappa shape index (κ2) is 13.6. The van der Waals surface area contributed by atoms with Gasteiger partial charge in [0.2, 0.25) is 0 Å². The van der Waals surface area contributed by atoms with E-state index in [2.05, 4.69) is 0 Å². The summed E-state index contributed by atoms with van der Waals surface area (Å²) in [5, 5.41) is 155. The zero-order chi connectivity index (χ0) is 44.5. The number of hydrogen-bond acceptors (Lipinski definition) is 18. The average Bonchev–Trinajstić information content (AvgIpc) is 3.22. The molecule has 4 heterocycles. The molecule has 324 valence electrons. The predicted molar refractivity (Wildman–Crippen MR) is 212 cm³/mol. The van der Waals surface area contributed by atoms with Crippen molar-refractivity contribution < 1.29 is 90.4 Å². The molecule has 4 aliphatic heterocycles. The summed E-state index contributed by atoms with van der Waals surface area (Å²) >= 11 is 0. The number of rotatable bonds is 4. The van der Waals surface area contributed by atoms with E-state index >= 15 is 0 Å². The standard InChI is InChI=1S/C45H36O18/c46-18-10-27(54)33-31(11-18)62-45(17-3-6-22(49)26(53)9-17)44(59)38(33)36-32(63-45)14-29(56)35-37(39(58)41(61-43(35)36)16-2-5-21(48)25(52)8-16)34-28(55)13-23(50)19-12-30(57)40(60-42(19)34)15-1-4-20(47)24(51)7-15/h1-11,13-14,30,37-41,44,46-59H,12H2/t30-,37-,38-,39-,40-,41-,44-,45+/m1/s1. The van der Waals surface area contributed by atoms with Gasteiger partial charge in [0.15, 0.2) is 40.6 Å². The first-order chi connectivity index (χ1) is 30.0. The first-order valence-electron chi connectivity index (χ1n) is 19.3. The van der Waals surface area contributed by atoms with E-state index in [9.17, 15) is 71.5 Å². The van der Waals surface area contributed by atoms with Gasteiger partial charge in [0.05, 0.1) is 17.9 Å². The third-order valence-corrected chi connectivity index (χ3v) is 12.2. The zero-order valence-corrected chi connectivity index (χ0v) is 32.1. The molecule has 0 radical (unpaired) electrons. The van der Waals surface area contributed by atoms with Gasteiger partial charge in [-0.15, -0.1) is 0 Å². The number of phenolic OH excluding ortho intramolecular Hbond substituents is 11. The zero-order valence-electron chi connectivity index (χ0n) is 32.1. The molecule has 6 aromatic rings. The summed E-state index contributed by atoms with van der Waals surface area (Å²) in [4.78, 5) is 0. The van der Waals surface area contributed by atoms with Crippen LogP contribution in [0.3, 0.4) is 0 Å². The van der Waals surface area contributed by atoms with Gasteiger partial charge in [0, 0.05) is 64.1 Å². The Bertz CT molecular complexity index is 2910. The fraction of sp³-hybridized carbons (Fsp3) is 0.200. The summed E-state index contributed by atoms with van der Waals surface area (Å²) < 4.78 is 25.6. The van der Waals surface area contributed by atoms with Gasteiger partial charge in [-0.25, -0.2) is 0 Å². The fourth-order valence-corrected chi connectivity index (χ4v) is 9.32. The topological polar surface area (TPSA) is 320 Å². The van der Waals surface area contributed by atoms with Crippen LogP contribution in [0.25, 0.3) is 0 Å². The summed E-state index contributed by atoms with van der Waals surface area (Å²) in [7, 11) is 0. The Morgan fingerprint density at radius 1 is 0.444 bits per heavy atom. The molecule has 0 aromatic heterocycles. The smallest absolute Gasteiger partial charge is 0.305 e. The monoisotopic (exact) mass is 864 g/mol. The molecular weight excluding hydrogens is 828 g/mol. The summed E-state index contributed by atoms with van der Waals surface area (Å²) in [6, 6.07) is 14.8. The Kier molecular flexibility index (Phi) is 8.49. The second-order valence-electron chi connectivity index (χ2n) is 15.9. The van der Waals surface area contributed by atoms with Crippen LogP contribution in [0.1, 0.15) is 68.6 Å². The van der Waals surface area contributed by atoms with Crippen molar-refractivity contribution in [2.75, 3.05) is 0 Å². The molecule has 0 amide bonds. The van der Waals surface area contributed by atoms with Gasteiger partial charge >= 0.3 is 5.79 Å². The van der Waals surface area contributed by atoms with Crippen molar-refractivity contribution in [3.8, 4) is 86.2 Å². The molecule has 2 bridgehead atoms. The first kappa shape index (κ1) is 39.3. The average molecular weight is 865 g/mol. The van der Waals surface area contributed by atoms with Crippen LogP contribution in [0.5, 0.6) is 86.2 Å². The summed E-state index contributed by atoms with van der Waals surface area (Å²) in [5.41, 5.74) is -0.583. The van der Waals surface area contributed by atoms with Gasteiger partial charge in [0.1, 0.15) is 70.1 Å². The molecule has 6 aromatic carbocycles. The molecule has 0 spiro atoms. The molecule has 4 aliphatic rings. The lowest BCUT2D eigenvalue weighted by Gasteiger charge is -2.51. The van der Waals surface area contributed by atoms with Gasteiger partial charge in [-0.05, 0) is 53.6 Å². The molecule has 0 fully saturated rings.